The van der Waals surface area contributed by atoms with Crippen molar-refractivity contribution >= 4 is 55.3 Å². The molecule has 2 N–H and O–H groups in total. The van der Waals surface area contributed by atoms with E-state index in [9.17, 15) is 9.59 Å². The lowest BCUT2D eigenvalue weighted by Crippen LogP contribution is -2.26. The topological polar surface area (TPSA) is 164 Å². The van der Waals surface area contributed by atoms with Crippen molar-refractivity contribution in [3.63, 3.8) is 0 Å². The first-order valence-electron chi connectivity index (χ1n) is 20.8. The second kappa shape index (κ2) is 17.2. The van der Waals surface area contributed by atoms with Crippen molar-refractivity contribution in [1.82, 2.24) is 40.0 Å². The van der Waals surface area contributed by atoms with Crippen LogP contribution in [0.1, 0.15) is 34.6 Å². The van der Waals surface area contributed by atoms with E-state index in [1.807, 2.05) is 109 Å². The number of methoxy groups -OCH3 is 2. The summed E-state index contributed by atoms with van der Waals surface area (Å²) >= 11 is 0. The number of rotatable bonds is 15. The van der Waals surface area contributed by atoms with Crippen LogP contribution in [-0.4, -0.2) is 66.1 Å². The van der Waals surface area contributed by atoms with E-state index in [0.29, 0.717) is 35.7 Å². The highest BCUT2D eigenvalue weighted by Crippen LogP contribution is 2.46. The normalized spacial score (nSPS) is 12.5. The van der Waals surface area contributed by atoms with Crippen molar-refractivity contribution in [2.45, 2.75) is 38.1 Å². The summed E-state index contributed by atoms with van der Waals surface area (Å²) < 4.78 is 27.3. The Morgan fingerprint density at radius 3 is 1.38 bits per heavy atom. The highest BCUT2D eigenvalue weighted by molar-refractivity contribution is 6.09. The zero-order valence-corrected chi connectivity index (χ0v) is 35.0. The molecule has 6 aromatic carbocycles. The first-order chi connectivity index (χ1) is 31.5. The van der Waals surface area contributed by atoms with Gasteiger partial charge in [0.1, 0.15) is 24.7 Å². The molecule has 0 amide bonds. The predicted octanol–water partition coefficient (Wildman–Crippen LogP) is 8.88. The Kier molecular flexibility index (Phi) is 10.7. The van der Waals surface area contributed by atoms with Gasteiger partial charge in [0.2, 0.25) is 0 Å². The third-order valence-corrected chi connectivity index (χ3v) is 11.8. The Labute approximate surface area is 366 Å². The first kappa shape index (κ1) is 39.9. The Morgan fingerprint density at radius 1 is 0.531 bits per heavy atom. The van der Waals surface area contributed by atoms with Crippen molar-refractivity contribution in [3.8, 4) is 22.6 Å². The molecule has 64 heavy (non-hydrogen) atoms. The minimum absolute atomic E-state index is 0.0386. The number of nitrogens with one attached hydrogen (secondary N) is 2. The van der Waals surface area contributed by atoms with E-state index in [0.717, 1.165) is 65.6 Å². The number of carbonyl (C=O) groups is 2. The fourth-order valence-corrected chi connectivity index (χ4v) is 8.65. The van der Waals surface area contributed by atoms with Crippen LogP contribution < -0.4 is 9.47 Å². The zero-order chi connectivity index (χ0) is 43.6. The van der Waals surface area contributed by atoms with Crippen LogP contribution >= 0.6 is 0 Å². The number of hydrogen-bond donors (Lipinski definition) is 2. The van der Waals surface area contributed by atoms with Crippen molar-refractivity contribution in [3.05, 3.63) is 169 Å². The summed E-state index contributed by atoms with van der Waals surface area (Å²) in [6.07, 6.45) is 7.68. The van der Waals surface area contributed by atoms with Crippen molar-refractivity contribution in [2.75, 3.05) is 14.2 Å². The molecule has 0 bridgehead atoms. The molecule has 0 fully saturated rings. The van der Waals surface area contributed by atoms with E-state index < -0.39 is 24.0 Å². The highest BCUT2D eigenvalue weighted by Gasteiger charge is 2.29. The van der Waals surface area contributed by atoms with Gasteiger partial charge < -0.3 is 28.9 Å². The molecule has 0 spiro atoms. The van der Waals surface area contributed by atoms with Crippen LogP contribution in [0.15, 0.2) is 146 Å². The lowest BCUT2D eigenvalue weighted by atomic mass is 9.92. The molecule has 4 heterocycles. The summed E-state index contributed by atoms with van der Waals surface area (Å²) in [5, 5.41) is 23.1. The van der Waals surface area contributed by atoms with E-state index in [-0.39, 0.29) is 13.2 Å². The number of para-hydroxylation sites is 2. The van der Waals surface area contributed by atoms with Crippen LogP contribution in [0.4, 0.5) is 0 Å². The summed E-state index contributed by atoms with van der Waals surface area (Å²) in [5.74, 6) is 0.256. The number of benzene rings is 6. The second-order valence-corrected chi connectivity index (χ2v) is 15.4. The Balaban J connectivity index is 1.00. The quantitative estimate of drug-likeness (QED) is 0.0953. The van der Waals surface area contributed by atoms with Gasteiger partial charge in [0, 0.05) is 58.2 Å². The fraction of sp³-hybridized carbons (Fsp3) is 0.160. The van der Waals surface area contributed by atoms with Crippen LogP contribution in [0, 0.1) is 0 Å². The summed E-state index contributed by atoms with van der Waals surface area (Å²) in [5.41, 5.74) is 6.62. The van der Waals surface area contributed by atoms with Crippen LogP contribution in [0.2, 0.25) is 0 Å². The second-order valence-electron chi connectivity index (χ2n) is 15.4. The summed E-state index contributed by atoms with van der Waals surface area (Å²) in [6, 6.07) is 38.5. The lowest BCUT2D eigenvalue weighted by Gasteiger charge is -2.21. The van der Waals surface area contributed by atoms with Gasteiger partial charge in [0.05, 0.1) is 38.0 Å². The molecule has 0 radical (unpaired) electrons. The molecule has 10 rings (SSSR count). The highest BCUT2D eigenvalue weighted by atomic mass is 16.5. The number of aromatic nitrogens is 8. The van der Waals surface area contributed by atoms with Gasteiger partial charge in [0.25, 0.3) is 0 Å². The summed E-state index contributed by atoms with van der Waals surface area (Å²) in [4.78, 5) is 33.4. The number of fused-ring (bicyclic) bond motifs is 4. The van der Waals surface area contributed by atoms with Crippen LogP contribution in [0.3, 0.4) is 0 Å². The molecule has 4 aromatic heterocycles. The smallest absolute Gasteiger partial charge is 0.331 e. The molecule has 2 atom stereocenters. The number of nitrogens with zero attached hydrogens (tertiary/aromatic N) is 6. The fourth-order valence-electron chi connectivity index (χ4n) is 8.65. The van der Waals surface area contributed by atoms with Gasteiger partial charge in [-0.3, -0.25) is 0 Å². The van der Waals surface area contributed by atoms with Gasteiger partial charge in [-0.1, -0.05) is 107 Å². The molecule has 10 aromatic rings. The minimum Gasteiger partial charge on any atom is -0.487 e. The van der Waals surface area contributed by atoms with Gasteiger partial charge in [-0.2, -0.15) is 0 Å². The van der Waals surface area contributed by atoms with Crippen LogP contribution in [0.25, 0.3) is 54.5 Å². The zero-order valence-electron chi connectivity index (χ0n) is 35.0. The minimum atomic E-state index is -0.802. The maximum absolute atomic E-state index is 13.4. The summed E-state index contributed by atoms with van der Waals surface area (Å²) in [7, 11) is 2.74. The monoisotopic (exact) mass is 850 g/mol. The SMILES string of the molecule is COC(=O)[C@H](Cc1c[nH]c2ccccc12)n1nncc1COc1ccc2ccccc2c1-c1c(OCc2cnnn2[C@@H](Cc2c[nH]c3ccccc23)C(=O)OC)ccc2ccccc12. The number of H-pyrrole nitrogens is 2. The summed E-state index contributed by atoms with van der Waals surface area (Å²) in [6.45, 7) is 0.0771. The number of esters is 2. The molecule has 318 valence electrons. The standard InChI is InChI=1S/C50H42N8O6/c1-61-49(59)43(23-33-25-51-41-17-9-7-13-37(33)41)57-35(27-53-55-57)29-63-45-21-19-31-11-3-5-15-39(31)47(45)48-40-16-6-4-12-32(40)20-22-46(48)64-30-36-28-54-56-58(36)44(50(60)62-2)24-34-26-52-42-18-10-8-14-38(34)42/h3-22,25-28,43-44,51-52H,23-24,29-30H2,1-2H3/t43-,44-/m0/s1. The van der Waals surface area contributed by atoms with Gasteiger partial charge >= 0.3 is 11.9 Å². The predicted molar refractivity (Wildman–Crippen MR) is 242 cm³/mol. The van der Waals surface area contributed by atoms with Crippen molar-refractivity contribution < 1.29 is 28.5 Å². The first-order valence-corrected chi connectivity index (χ1v) is 20.8. The van der Waals surface area contributed by atoms with Gasteiger partial charge in [-0.15, -0.1) is 10.2 Å². The Morgan fingerprint density at radius 2 is 0.938 bits per heavy atom. The lowest BCUT2D eigenvalue weighted by molar-refractivity contribution is -0.145. The molecule has 0 saturated heterocycles. The molecule has 14 heteroatoms. The Bertz CT molecular complexity index is 3090. The molecular formula is C50H42N8O6. The van der Waals surface area contributed by atoms with Gasteiger partial charge in [0.15, 0.2) is 12.1 Å². The van der Waals surface area contributed by atoms with Gasteiger partial charge in [-0.05, 0) is 56.9 Å². The van der Waals surface area contributed by atoms with E-state index in [4.69, 9.17) is 18.9 Å². The third kappa shape index (κ3) is 7.44. The average Bonchev–Trinajstić information content (AvgIpc) is 4.18. The van der Waals surface area contributed by atoms with E-state index in [1.54, 1.807) is 21.8 Å². The Hall–Kier alpha value is -8.26. The van der Waals surface area contributed by atoms with Crippen LogP contribution in [-0.2, 0) is 45.1 Å². The van der Waals surface area contributed by atoms with Crippen molar-refractivity contribution in [1.29, 1.82) is 0 Å². The molecular weight excluding hydrogens is 809 g/mol. The number of ether oxygens (including phenoxy) is 4. The average molecular weight is 851 g/mol. The van der Waals surface area contributed by atoms with E-state index in [1.165, 1.54) is 14.2 Å². The maximum atomic E-state index is 13.4. The molecule has 14 nitrogen and oxygen atoms in total. The number of aromatic amines is 2. The van der Waals surface area contributed by atoms with E-state index >= 15 is 0 Å². The molecule has 0 saturated carbocycles. The number of hydrogen-bond acceptors (Lipinski definition) is 10. The van der Waals surface area contributed by atoms with Crippen molar-refractivity contribution in [2.24, 2.45) is 0 Å². The maximum Gasteiger partial charge on any atom is 0.331 e. The third-order valence-electron chi connectivity index (χ3n) is 11.8. The number of carbonyl (C=O) groups excluding carboxylic acids is 2. The van der Waals surface area contributed by atoms with Gasteiger partial charge in [-0.25, -0.2) is 19.0 Å². The molecule has 0 aliphatic carbocycles. The largest absolute Gasteiger partial charge is 0.487 e. The molecule has 0 aliphatic heterocycles. The van der Waals surface area contributed by atoms with E-state index in [2.05, 4.69) is 54.9 Å². The van der Waals surface area contributed by atoms with Crippen LogP contribution in [0.5, 0.6) is 11.5 Å². The molecule has 0 aliphatic rings. The molecule has 0 unspecified atom stereocenters.